The lowest BCUT2D eigenvalue weighted by Crippen LogP contribution is -2.14. The first-order chi connectivity index (χ1) is 7.71. The smallest absolute Gasteiger partial charge is 0.0624 e. The first-order valence-corrected chi connectivity index (χ1v) is 6.44. The molecule has 92 valence electrons. The van der Waals surface area contributed by atoms with Gasteiger partial charge < -0.3 is 5.11 Å². The average molecular weight is 224 g/mol. The van der Waals surface area contributed by atoms with Crippen molar-refractivity contribution in [3.8, 4) is 0 Å². The molecule has 0 fully saturated rings. The van der Waals surface area contributed by atoms with Gasteiger partial charge in [-0.1, -0.05) is 26.7 Å². The molecule has 0 saturated heterocycles. The van der Waals surface area contributed by atoms with E-state index in [1.54, 1.807) is 0 Å². The summed E-state index contributed by atoms with van der Waals surface area (Å²) in [6.45, 7) is 7.24. The van der Waals surface area contributed by atoms with Gasteiger partial charge >= 0.3 is 0 Å². The van der Waals surface area contributed by atoms with Crippen molar-refractivity contribution in [1.82, 2.24) is 9.78 Å². The maximum atomic E-state index is 9.89. The fourth-order valence-corrected chi connectivity index (χ4v) is 1.91. The molecule has 0 aromatic carbocycles. The Balaban J connectivity index is 2.60. The molecular formula is C13H24N2O. The SMILES string of the molecule is CCCCC(O)Cc1cc(CC)nn1CC. The van der Waals surface area contributed by atoms with Crippen LogP contribution in [0.15, 0.2) is 6.07 Å². The van der Waals surface area contributed by atoms with Crippen LogP contribution in [-0.4, -0.2) is 21.0 Å². The summed E-state index contributed by atoms with van der Waals surface area (Å²) in [5.41, 5.74) is 2.29. The van der Waals surface area contributed by atoms with Gasteiger partial charge in [-0.05, 0) is 25.8 Å². The minimum absolute atomic E-state index is 0.216. The van der Waals surface area contributed by atoms with E-state index in [1.807, 2.05) is 4.68 Å². The molecule has 0 radical (unpaired) electrons. The van der Waals surface area contributed by atoms with Crippen molar-refractivity contribution < 1.29 is 5.11 Å². The normalized spacial score (nSPS) is 13.0. The van der Waals surface area contributed by atoms with Crippen molar-refractivity contribution in [2.75, 3.05) is 0 Å². The molecule has 0 aliphatic carbocycles. The molecule has 3 heteroatoms. The third-order valence-electron chi connectivity index (χ3n) is 2.91. The van der Waals surface area contributed by atoms with Crippen molar-refractivity contribution in [2.24, 2.45) is 0 Å². The Labute approximate surface area is 98.5 Å². The predicted octanol–water partition coefficient (Wildman–Crippen LogP) is 2.56. The number of unbranched alkanes of at least 4 members (excludes halogenated alkanes) is 1. The van der Waals surface area contributed by atoms with Crippen LogP contribution in [0.2, 0.25) is 0 Å². The molecule has 0 amide bonds. The molecule has 16 heavy (non-hydrogen) atoms. The van der Waals surface area contributed by atoms with Crippen LogP contribution in [0.25, 0.3) is 0 Å². The molecule has 0 aliphatic heterocycles. The molecule has 0 saturated carbocycles. The Morgan fingerprint density at radius 2 is 2.12 bits per heavy atom. The highest BCUT2D eigenvalue weighted by molar-refractivity contribution is 5.11. The van der Waals surface area contributed by atoms with Crippen LogP contribution in [0.1, 0.15) is 51.4 Å². The Morgan fingerprint density at radius 1 is 1.38 bits per heavy atom. The molecular weight excluding hydrogens is 200 g/mol. The zero-order valence-electron chi connectivity index (χ0n) is 10.7. The van der Waals surface area contributed by atoms with E-state index in [4.69, 9.17) is 0 Å². The summed E-state index contributed by atoms with van der Waals surface area (Å²) in [7, 11) is 0. The maximum absolute atomic E-state index is 9.89. The zero-order valence-corrected chi connectivity index (χ0v) is 10.7. The second kappa shape index (κ2) is 6.69. The predicted molar refractivity (Wildman–Crippen MR) is 66.5 cm³/mol. The molecule has 1 rings (SSSR count). The van der Waals surface area contributed by atoms with Crippen LogP contribution in [0.5, 0.6) is 0 Å². The highest BCUT2D eigenvalue weighted by atomic mass is 16.3. The molecule has 1 aromatic heterocycles. The highest BCUT2D eigenvalue weighted by Crippen LogP contribution is 2.11. The van der Waals surface area contributed by atoms with E-state index >= 15 is 0 Å². The second-order valence-corrected chi connectivity index (χ2v) is 4.30. The molecule has 1 heterocycles. The van der Waals surface area contributed by atoms with Gasteiger partial charge in [0.25, 0.3) is 0 Å². The number of nitrogens with zero attached hydrogens (tertiary/aromatic N) is 2. The lowest BCUT2D eigenvalue weighted by atomic mass is 10.1. The summed E-state index contributed by atoms with van der Waals surface area (Å²) in [4.78, 5) is 0. The highest BCUT2D eigenvalue weighted by Gasteiger charge is 2.10. The Kier molecular flexibility index (Phi) is 5.53. The number of rotatable bonds is 7. The van der Waals surface area contributed by atoms with E-state index in [0.717, 1.165) is 44.3 Å². The minimum Gasteiger partial charge on any atom is -0.393 e. The van der Waals surface area contributed by atoms with E-state index < -0.39 is 0 Å². The lowest BCUT2D eigenvalue weighted by molar-refractivity contribution is 0.159. The fraction of sp³-hybridized carbons (Fsp3) is 0.769. The first-order valence-electron chi connectivity index (χ1n) is 6.44. The molecule has 1 N–H and O–H groups in total. The summed E-state index contributed by atoms with van der Waals surface area (Å²) in [5.74, 6) is 0. The number of aliphatic hydroxyl groups excluding tert-OH is 1. The molecule has 0 bridgehead atoms. The number of aryl methyl sites for hydroxylation is 2. The number of hydrogen-bond donors (Lipinski definition) is 1. The third kappa shape index (κ3) is 3.63. The van der Waals surface area contributed by atoms with E-state index in [2.05, 4.69) is 31.9 Å². The largest absolute Gasteiger partial charge is 0.393 e. The van der Waals surface area contributed by atoms with Gasteiger partial charge in [0.1, 0.15) is 0 Å². The van der Waals surface area contributed by atoms with Crippen LogP contribution in [0.3, 0.4) is 0 Å². The summed E-state index contributed by atoms with van der Waals surface area (Å²) in [6, 6.07) is 2.12. The Hall–Kier alpha value is -0.830. The van der Waals surface area contributed by atoms with Gasteiger partial charge in [0.15, 0.2) is 0 Å². The summed E-state index contributed by atoms with van der Waals surface area (Å²) >= 11 is 0. The van der Waals surface area contributed by atoms with Crippen molar-refractivity contribution >= 4 is 0 Å². The standard InChI is InChI=1S/C13H24N2O/c1-4-7-8-13(16)10-12-9-11(5-2)14-15(12)6-3/h9,13,16H,4-8,10H2,1-3H3. The topological polar surface area (TPSA) is 38.1 Å². The van der Waals surface area contributed by atoms with E-state index in [1.165, 1.54) is 5.69 Å². The van der Waals surface area contributed by atoms with E-state index in [9.17, 15) is 5.11 Å². The maximum Gasteiger partial charge on any atom is 0.0624 e. The van der Waals surface area contributed by atoms with Crippen LogP contribution < -0.4 is 0 Å². The van der Waals surface area contributed by atoms with Gasteiger partial charge in [-0.25, -0.2) is 0 Å². The Morgan fingerprint density at radius 3 is 2.69 bits per heavy atom. The van der Waals surface area contributed by atoms with E-state index in [0.29, 0.717) is 0 Å². The van der Waals surface area contributed by atoms with Gasteiger partial charge in [-0.2, -0.15) is 5.10 Å². The van der Waals surface area contributed by atoms with Gasteiger partial charge in [0.2, 0.25) is 0 Å². The Bertz CT molecular complexity index is 307. The van der Waals surface area contributed by atoms with Crippen molar-refractivity contribution in [1.29, 1.82) is 0 Å². The number of hydrogen-bond acceptors (Lipinski definition) is 2. The van der Waals surface area contributed by atoms with Gasteiger partial charge in [-0.3, -0.25) is 4.68 Å². The second-order valence-electron chi connectivity index (χ2n) is 4.30. The average Bonchev–Trinajstić information content (AvgIpc) is 2.68. The molecule has 0 spiro atoms. The monoisotopic (exact) mass is 224 g/mol. The summed E-state index contributed by atoms with van der Waals surface area (Å²) in [5, 5.41) is 14.4. The lowest BCUT2D eigenvalue weighted by Gasteiger charge is -2.10. The molecule has 1 aromatic rings. The van der Waals surface area contributed by atoms with Crippen LogP contribution in [0.4, 0.5) is 0 Å². The van der Waals surface area contributed by atoms with Crippen molar-refractivity contribution in [3.63, 3.8) is 0 Å². The zero-order chi connectivity index (χ0) is 12.0. The molecule has 1 atom stereocenters. The van der Waals surface area contributed by atoms with Gasteiger partial charge in [-0.15, -0.1) is 0 Å². The number of aromatic nitrogens is 2. The summed E-state index contributed by atoms with van der Waals surface area (Å²) in [6.07, 6.45) is 4.62. The molecule has 1 unspecified atom stereocenters. The quantitative estimate of drug-likeness (QED) is 0.773. The molecule has 3 nitrogen and oxygen atoms in total. The van der Waals surface area contributed by atoms with Crippen molar-refractivity contribution in [2.45, 2.75) is 65.5 Å². The number of aliphatic hydroxyl groups is 1. The van der Waals surface area contributed by atoms with Crippen LogP contribution in [0, 0.1) is 0 Å². The fourth-order valence-electron chi connectivity index (χ4n) is 1.91. The van der Waals surface area contributed by atoms with Crippen LogP contribution >= 0.6 is 0 Å². The van der Waals surface area contributed by atoms with Crippen LogP contribution in [-0.2, 0) is 19.4 Å². The summed E-state index contributed by atoms with van der Waals surface area (Å²) < 4.78 is 2.01. The van der Waals surface area contributed by atoms with Crippen molar-refractivity contribution in [3.05, 3.63) is 17.5 Å². The van der Waals surface area contributed by atoms with Gasteiger partial charge in [0, 0.05) is 18.7 Å². The minimum atomic E-state index is -0.216. The molecule has 0 aliphatic rings. The first kappa shape index (κ1) is 13.2. The van der Waals surface area contributed by atoms with E-state index in [-0.39, 0.29) is 6.10 Å². The van der Waals surface area contributed by atoms with Gasteiger partial charge in [0.05, 0.1) is 11.8 Å². The third-order valence-corrected chi connectivity index (χ3v) is 2.91.